The Bertz CT molecular complexity index is 718. The zero-order valence-electron chi connectivity index (χ0n) is 14.9. The molecule has 2 aromatic rings. The molecule has 0 bridgehead atoms. The Morgan fingerprint density at radius 1 is 1.04 bits per heavy atom. The van der Waals surface area contributed by atoms with Crippen LogP contribution in [0.2, 0.25) is 0 Å². The van der Waals surface area contributed by atoms with Crippen LogP contribution < -0.4 is 20.1 Å². The van der Waals surface area contributed by atoms with Crippen molar-refractivity contribution in [2.75, 3.05) is 44.1 Å². The molecule has 0 saturated heterocycles. The van der Waals surface area contributed by atoms with E-state index in [1.165, 1.54) is 0 Å². The molecule has 0 unspecified atom stereocenters. The molecule has 6 heteroatoms. The van der Waals surface area contributed by atoms with Gasteiger partial charge in [0.05, 0.1) is 13.2 Å². The number of methoxy groups -OCH3 is 1. The van der Waals surface area contributed by atoms with Gasteiger partial charge in [0.2, 0.25) is 5.91 Å². The summed E-state index contributed by atoms with van der Waals surface area (Å²) in [7, 11) is 1.62. The van der Waals surface area contributed by atoms with Gasteiger partial charge in [0, 0.05) is 30.6 Å². The third-order valence-corrected chi connectivity index (χ3v) is 3.33. The quantitative estimate of drug-likeness (QED) is 0.477. The summed E-state index contributed by atoms with van der Waals surface area (Å²) in [5.41, 5.74) is 1.48. The van der Waals surface area contributed by atoms with E-state index in [9.17, 15) is 4.79 Å². The average Bonchev–Trinajstić information content (AvgIpc) is 2.66. The van der Waals surface area contributed by atoms with Crippen LogP contribution in [0.3, 0.4) is 0 Å². The van der Waals surface area contributed by atoms with E-state index >= 15 is 0 Å². The van der Waals surface area contributed by atoms with Gasteiger partial charge in [-0.3, -0.25) is 4.79 Å². The van der Waals surface area contributed by atoms with Gasteiger partial charge in [-0.15, -0.1) is 0 Å². The highest BCUT2D eigenvalue weighted by atomic mass is 16.5. The zero-order valence-corrected chi connectivity index (χ0v) is 14.9. The number of carbonyl (C=O) groups excluding carboxylic acids is 1. The first-order chi connectivity index (χ1) is 12.7. The van der Waals surface area contributed by atoms with Gasteiger partial charge in [0.15, 0.2) is 0 Å². The number of hydrogen-bond acceptors (Lipinski definition) is 5. The summed E-state index contributed by atoms with van der Waals surface area (Å²) in [6, 6.07) is 14.7. The molecule has 0 fully saturated rings. The van der Waals surface area contributed by atoms with Crippen LogP contribution in [0, 0.1) is 0 Å². The first kappa shape index (κ1) is 19.3. The molecule has 138 valence electrons. The Morgan fingerprint density at radius 2 is 1.73 bits per heavy atom. The summed E-state index contributed by atoms with van der Waals surface area (Å²) in [5, 5.41) is 5.91. The lowest BCUT2D eigenvalue weighted by Crippen LogP contribution is -2.21. The Kier molecular flexibility index (Phi) is 8.02. The van der Waals surface area contributed by atoms with Gasteiger partial charge in [0.25, 0.3) is 0 Å². The fourth-order valence-corrected chi connectivity index (χ4v) is 2.15. The monoisotopic (exact) mass is 356 g/mol. The van der Waals surface area contributed by atoms with Crippen LogP contribution in [-0.4, -0.2) is 39.4 Å². The molecular weight excluding hydrogens is 332 g/mol. The number of benzene rings is 2. The minimum atomic E-state index is -0.156. The van der Waals surface area contributed by atoms with Gasteiger partial charge < -0.3 is 24.8 Å². The Labute approximate surface area is 153 Å². The highest BCUT2D eigenvalue weighted by molar-refractivity contribution is 5.93. The predicted octanol–water partition coefficient (Wildman–Crippen LogP) is 3.33. The molecule has 0 heterocycles. The summed E-state index contributed by atoms with van der Waals surface area (Å²) in [6.07, 6.45) is 1.68. The maximum atomic E-state index is 12.1. The fraction of sp³-hybridized carbons (Fsp3) is 0.250. The van der Waals surface area contributed by atoms with E-state index < -0.39 is 0 Å². The summed E-state index contributed by atoms with van der Waals surface area (Å²) in [4.78, 5) is 12.1. The van der Waals surface area contributed by atoms with Gasteiger partial charge in [0.1, 0.15) is 24.7 Å². The third kappa shape index (κ3) is 6.86. The predicted molar refractivity (Wildman–Crippen MR) is 103 cm³/mol. The minimum absolute atomic E-state index is 0.139. The average molecular weight is 356 g/mol. The number of rotatable bonds is 11. The van der Waals surface area contributed by atoms with Crippen molar-refractivity contribution in [3.63, 3.8) is 0 Å². The number of hydrogen-bond donors (Lipinski definition) is 2. The molecule has 26 heavy (non-hydrogen) atoms. The highest BCUT2D eigenvalue weighted by Crippen LogP contribution is 2.18. The lowest BCUT2D eigenvalue weighted by atomic mass is 10.3. The van der Waals surface area contributed by atoms with Crippen molar-refractivity contribution in [1.29, 1.82) is 0 Å². The van der Waals surface area contributed by atoms with E-state index in [4.69, 9.17) is 14.2 Å². The van der Waals surface area contributed by atoms with Crippen LogP contribution in [0.25, 0.3) is 0 Å². The van der Waals surface area contributed by atoms with E-state index in [1.54, 1.807) is 19.3 Å². The molecule has 2 N–H and O–H groups in total. The summed E-state index contributed by atoms with van der Waals surface area (Å²) in [5.74, 6) is 1.24. The SMILES string of the molecule is C=CCOc1cccc(NCC(=O)Nc2cccc(OCCOC)c2)c1. The van der Waals surface area contributed by atoms with Crippen molar-refractivity contribution < 1.29 is 19.0 Å². The second-order valence-electron chi connectivity index (χ2n) is 5.40. The number of carbonyl (C=O) groups is 1. The van der Waals surface area contributed by atoms with Crippen molar-refractivity contribution >= 4 is 17.3 Å². The molecule has 0 radical (unpaired) electrons. The van der Waals surface area contributed by atoms with Gasteiger partial charge in [-0.2, -0.15) is 0 Å². The smallest absolute Gasteiger partial charge is 0.243 e. The molecule has 0 aliphatic heterocycles. The number of anilines is 2. The number of nitrogens with one attached hydrogen (secondary N) is 2. The van der Waals surface area contributed by atoms with Crippen molar-refractivity contribution in [3.8, 4) is 11.5 Å². The second-order valence-corrected chi connectivity index (χ2v) is 5.40. The van der Waals surface area contributed by atoms with Crippen LogP contribution in [0.5, 0.6) is 11.5 Å². The zero-order chi connectivity index (χ0) is 18.6. The third-order valence-electron chi connectivity index (χ3n) is 3.33. The van der Waals surface area contributed by atoms with Crippen LogP contribution in [0.1, 0.15) is 0 Å². The van der Waals surface area contributed by atoms with Crippen LogP contribution in [0.15, 0.2) is 61.2 Å². The number of ether oxygens (including phenoxy) is 3. The van der Waals surface area contributed by atoms with Gasteiger partial charge in [-0.05, 0) is 24.3 Å². The van der Waals surface area contributed by atoms with Crippen molar-refractivity contribution in [1.82, 2.24) is 0 Å². The van der Waals surface area contributed by atoms with Crippen LogP contribution in [-0.2, 0) is 9.53 Å². The molecule has 0 aliphatic rings. The Morgan fingerprint density at radius 3 is 2.46 bits per heavy atom. The summed E-state index contributed by atoms with van der Waals surface area (Å²) < 4.78 is 15.9. The normalized spacial score (nSPS) is 10.0. The lowest BCUT2D eigenvalue weighted by Gasteiger charge is -2.11. The van der Waals surface area contributed by atoms with Crippen LogP contribution in [0.4, 0.5) is 11.4 Å². The van der Waals surface area contributed by atoms with Crippen LogP contribution >= 0.6 is 0 Å². The van der Waals surface area contributed by atoms with Crippen molar-refractivity contribution in [2.24, 2.45) is 0 Å². The fourth-order valence-electron chi connectivity index (χ4n) is 2.15. The standard InChI is InChI=1S/C20H24N2O4/c1-3-10-25-18-8-4-6-16(13-18)21-15-20(23)22-17-7-5-9-19(14-17)26-12-11-24-2/h3-9,13-14,21H,1,10-12,15H2,2H3,(H,22,23). The summed E-state index contributed by atoms with van der Waals surface area (Å²) in [6.45, 7) is 5.16. The summed E-state index contributed by atoms with van der Waals surface area (Å²) >= 11 is 0. The molecular formula is C20H24N2O4. The molecule has 0 spiro atoms. The maximum absolute atomic E-state index is 12.1. The molecule has 0 saturated carbocycles. The Hall–Kier alpha value is -2.99. The molecule has 0 aromatic heterocycles. The van der Waals surface area contributed by atoms with Gasteiger partial charge in [-0.1, -0.05) is 24.8 Å². The molecule has 0 atom stereocenters. The van der Waals surface area contributed by atoms with E-state index in [-0.39, 0.29) is 12.5 Å². The van der Waals surface area contributed by atoms with Crippen molar-refractivity contribution in [2.45, 2.75) is 0 Å². The number of amides is 1. The maximum Gasteiger partial charge on any atom is 0.243 e. The van der Waals surface area contributed by atoms with Gasteiger partial charge >= 0.3 is 0 Å². The molecule has 2 aromatic carbocycles. The largest absolute Gasteiger partial charge is 0.491 e. The first-order valence-electron chi connectivity index (χ1n) is 8.30. The molecule has 2 rings (SSSR count). The first-order valence-corrected chi connectivity index (χ1v) is 8.30. The highest BCUT2D eigenvalue weighted by Gasteiger charge is 2.04. The topological polar surface area (TPSA) is 68.8 Å². The molecule has 6 nitrogen and oxygen atoms in total. The van der Waals surface area contributed by atoms with Crippen molar-refractivity contribution in [3.05, 3.63) is 61.2 Å². The minimum Gasteiger partial charge on any atom is -0.491 e. The van der Waals surface area contributed by atoms with E-state index in [0.29, 0.717) is 31.3 Å². The molecule has 1 amide bonds. The second kappa shape index (κ2) is 10.8. The van der Waals surface area contributed by atoms with E-state index in [1.807, 2.05) is 42.5 Å². The molecule has 0 aliphatic carbocycles. The van der Waals surface area contributed by atoms with Gasteiger partial charge in [-0.25, -0.2) is 0 Å². The van der Waals surface area contributed by atoms with E-state index in [0.717, 1.165) is 11.4 Å². The lowest BCUT2D eigenvalue weighted by molar-refractivity contribution is -0.114. The Balaban J connectivity index is 1.83. The van der Waals surface area contributed by atoms with E-state index in [2.05, 4.69) is 17.2 Å².